The molecule has 0 unspecified atom stereocenters. The largest absolute Gasteiger partial charge is 0.347 e. The molecule has 0 saturated heterocycles. The molecular formula is C6H9NS. The van der Waals surface area contributed by atoms with Gasteiger partial charge in [-0.15, -0.1) is 12.6 Å². The van der Waals surface area contributed by atoms with Crippen LogP contribution in [0.2, 0.25) is 0 Å². The van der Waals surface area contributed by atoms with E-state index in [0.29, 0.717) is 0 Å². The lowest BCUT2D eigenvalue weighted by Crippen LogP contribution is -2.07. The summed E-state index contributed by atoms with van der Waals surface area (Å²) in [5.41, 5.74) is 0. The highest BCUT2D eigenvalue weighted by Crippen LogP contribution is 2.12. The molecule has 8 heavy (non-hydrogen) atoms. The van der Waals surface area contributed by atoms with Crippen molar-refractivity contribution in [3.05, 3.63) is 23.4 Å². The first-order valence-corrected chi connectivity index (χ1v) is 3.04. The minimum absolute atomic E-state index is 1.02. The van der Waals surface area contributed by atoms with Gasteiger partial charge in [-0.05, 0) is 6.42 Å². The molecule has 0 spiro atoms. The third kappa shape index (κ3) is 1.07. The predicted molar refractivity (Wildman–Crippen MR) is 38.6 cm³/mol. The summed E-state index contributed by atoms with van der Waals surface area (Å²) in [6, 6.07) is 0. The molecule has 44 valence electrons. The Kier molecular flexibility index (Phi) is 1.63. The van der Waals surface area contributed by atoms with Crippen LogP contribution in [0, 0.1) is 0 Å². The molecule has 0 aromatic heterocycles. The van der Waals surface area contributed by atoms with E-state index in [-0.39, 0.29) is 0 Å². The minimum Gasteiger partial charge on any atom is -0.347 e. The molecular weight excluding hydrogens is 118 g/mol. The maximum absolute atomic E-state index is 4.19. The van der Waals surface area contributed by atoms with Gasteiger partial charge in [-0.1, -0.05) is 12.2 Å². The first-order valence-electron chi connectivity index (χ1n) is 2.59. The molecule has 0 N–H and O–H groups in total. The molecule has 0 atom stereocenters. The van der Waals surface area contributed by atoms with E-state index in [9.17, 15) is 0 Å². The van der Waals surface area contributed by atoms with Crippen molar-refractivity contribution in [2.75, 3.05) is 7.05 Å². The standard InChI is InChI=1S/C6H9NS/c1-7-5-3-2-4-6(7)8/h3-5,8H,2H2,1H3. The van der Waals surface area contributed by atoms with Crippen LogP contribution in [0.1, 0.15) is 6.42 Å². The smallest absolute Gasteiger partial charge is 0.0676 e. The van der Waals surface area contributed by atoms with Gasteiger partial charge in [0.2, 0.25) is 0 Å². The lowest BCUT2D eigenvalue weighted by molar-refractivity contribution is 0.599. The number of hydrogen-bond donors (Lipinski definition) is 1. The number of allylic oxidation sites excluding steroid dienone is 2. The molecule has 1 rings (SSSR count). The molecule has 0 aromatic carbocycles. The molecule has 0 amide bonds. The fourth-order valence-electron chi connectivity index (χ4n) is 0.613. The van der Waals surface area contributed by atoms with E-state index >= 15 is 0 Å². The van der Waals surface area contributed by atoms with Crippen LogP contribution in [0.3, 0.4) is 0 Å². The molecule has 0 aromatic rings. The van der Waals surface area contributed by atoms with E-state index in [2.05, 4.69) is 24.8 Å². The van der Waals surface area contributed by atoms with Crippen LogP contribution >= 0.6 is 12.6 Å². The fraction of sp³-hybridized carbons (Fsp3) is 0.333. The first kappa shape index (κ1) is 5.76. The normalized spacial score (nSPS) is 18.8. The Hall–Kier alpha value is -0.370. The molecule has 1 heterocycles. The zero-order valence-electron chi connectivity index (χ0n) is 4.83. The molecule has 0 aliphatic carbocycles. The fourth-order valence-corrected chi connectivity index (χ4v) is 0.785. The van der Waals surface area contributed by atoms with E-state index in [1.54, 1.807) is 0 Å². The van der Waals surface area contributed by atoms with E-state index in [1.165, 1.54) is 0 Å². The summed E-state index contributed by atoms with van der Waals surface area (Å²) in [6.45, 7) is 0. The van der Waals surface area contributed by atoms with Gasteiger partial charge in [0.1, 0.15) is 0 Å². The van der Waals surface area contributed by atoms with Crippen LogP contribution in [0.25, 0.3) is 0 Å². The second-order valence-corrected chi connectivity index (χ2v) is 2.25. The maximum atomic E-state index is 4.19. The van der Waals surface area contributed by atoms with Crippen molar-refractivity contribution in [2.45, 2.75) is 6.42 Å². The second kappa shape index (κ2) is 2.27. The quantitative estimate of drug-likeness (QED) is 0.484. The van der Waals surface area contributed by atoms with Crippen LogP contribution in [-0.2, 0) is 0 Å². The molecule has 1 aliphatic rings. The van der Waals surface area contributed by atoms with Crippen molar-refractivity contribution in [3.63, 3.8) is 0 Å². The summed E-state index contributed by atoms with van der Waals surface area (Å²) in [5, 5.41) is 1.03. The minimum atomic E-state index is 1.02. The highest BCUT2D eigenvalue weighted by Gasteiger charge is 1.96. The van der Waals surface area contributed by atoms with Crippen molar-refractivity contribution in [1.29, 1.82) is 0 Å². The van der Waals surface area contributed by atoms with Gasteiger partial charge in [0, 0.05) is 13.2 Å². The Morgan fingerprint density at radius 2 is 2.50 bits per heavy atom. The third-order valence-corrected chi connectivity index (χ3v) is 1.62. The van der Waals surface area contributed by atoms with Gasteiger partial charge in [-0.2, -0.15) is 0 Å². The third-order valence-electron chi connectivity index (χ3n) is 1.13. The van der Waals surface area contributed by atoms with Gasteiger partial charge in [0.05, 0.1) is 5.03 Å². The van der Waals surface area contributed by atoms with Crippen LogP contribution in [0.4, 0.5) is 0 Å². The molecule has 0 fully saturated rings. The Balaban J connectivity index is 2.63. The molecule has 2 heteroatoms. The summed E-state index contributed by atoms with van der Waals surface area (Å²) in [6.07, 6.45) is 7.20. The number of rotatable bonds is 0. The Morgan fingerprint density at radius 1 is 1.75 bits per heavy atom. The highest BCUT2D eigenvalue weighted by atomic mass is 32.1. The Bertz CT molecular complexity index is 137. The number of hydrogen-bond acceptors (Lipinski definition) is 2. The zero-order valence-corrected chi connectivity index (χ0v) is 5.73. The summed E-state index contributed by atoms with van der Waals surface area (Å²) >= 11 is 4.19. The van der Waals surface area contributed by atoms with Gasteiger partial charge in [-0.25, -0.2) is 0 Å². The highest BCUT2D eigenvalue weighted by molar-refractivity contribution is 7.84. The van der Waals surface area contributed by atoms with Crippen LogP contribution in [0.15, 0.2) is 23.4 Å². The van der Waals surface area contributed by atoms with Crippen molar-refractivity contribution >= 4 is 12.6 Å². The van der Waals surface area contributed by atoms with Gasteiger partial charge in [-0.3, -0.25) is 0 Å². The first-order chi connectivity index (χ1) is 3.80. The molecule has 0 saturated carbocycles. The van der Waals surface area contributed by atoms with Gasteiger partial charge < -0.3 is 4.90 Å². The van der Waals surface area contributed by atoms with E-state index < -0.39 is 0 Å². The lowest BCUT2D eigenvalue weighted by atomic mass is 10.3. The Morgan fingerprint density at radius 3 is 2.88 bits per heavy atom. The Labute approximate surface area is 55.1 Å². The van der Waals surface area contributed by atoms with Gasteiger partial charge >= 0.3 is 0 Å². The number of thiol groups is 1. The van der Waals surface area contributed by atoms with E-state index in [4.69, 9.17) is 0 Å². The topological polar surface area (TPSA) is 3.24 Å². The predicted octanol–water partition coefficient (Wildman–Crippen LogP) is 1.61. The van der Waals surface area contributed by atoms with Gasteiger partial charge in [0.15, 0.2) is 0 Å². The summed E-state index contributed by atoms with van der Waals surface area (Å²) in [7, 11) is 1.98. The maximum Gasteiger partial charge on any atom is 0.0676 e. The monoisotopic (exact) mass is 127 g/mol. The SMILES string of the molecule is CN1C=CCC=C1S. The second-order valence-electron chi connectivity index (χ2n) is 1.79. The van der Waals surface area contributed by atoms with Crippen molar-refractivity contribution in [2.24, 2.45) is 0 Å². The average Bonchev–Trinajstić information content (AvgIpc) is 1.77. The zero-order chi connectivity index (χ0) is 5.98. The van der Waals surface area contributed by atoms with Crippen LogP contribution in [-0.4, -0.2) is 11.9 Å². The molecule has 1 nitrogen and oxygen atoms in total. The van der Waals surface area contributed by atoms with Crippen molar-refractivity contribution in [3.8, 4) is 0 Å². The summed E-state index contributed by atoms with van der Waals surface area (Å²) in [4.78, 5) is 1.98. The molecule has 1 aliphatic heterocycles. The van der Waals surface area contributed by atoms with Crippen molar-refractivity contribution in [1.82, 2.24) is 4.90 Å². The van der Waals surface area contributed by atoms with Crippen molar-refractivity contribution < 1.29 is 0 Å². The average molecular weight is 127 g/mol. The lowest BCUT2D eigenvalue weighted by Gasteiger charge is -2.15. The van der Waals surface area contributed by atoms with E-state index in [0.717, 1.165) is 11.4 Å². The molecule has 0 bridgehead atoms. The van der Waals surface area contributed by atoms with Crippen LogP contribution < -0.4 is 0 Å². The summed E-state index contributed by atoms with van der Waals surface area (Å²) < 4.78 is 0. The molecule has 0 radical (unpaired) electrons. The van der Waals surface area contributed by atoms with E-state index in [1.807, 2.05) is 18.1 Å². The summed E-state index contributed by atoms with van der Waals surface area (Å²) in [5.74, 6) is 0. The van der Waals surface area contributed by atoms with Gasteiger partial charge in [0.25, 0.3) is 0 Å². The number of nitrogens with zero attached hydrogens (tertiary/aromatic N) is 1. The van der Waals surface area contributed by atoms with Crippen LogP contribution in [0.5, 0.6) is 0 Å².